The topological polar surface area (TPSA) is 60.5 Å². The van der Waals surface area contributed by atoms with Crippen LogP contribution >= 0.6 is 22.9 Å². The molecule has 1 fully saturated rings. The van der Waals surface area contributed by atoms with Crippen molar-refractivity contribution in [2.75, 3.05) is 12.4 Å². The standard InChI is InChI=1S/C17H19ClN2O3S/c1-3-12-9-24-17(19-12)20-16(21)10-6-13(7-10)23-15-8-11(18)4-5-14(15)22-2/h4-5,8-10,13H,3,6-7H2,1-2H3,(H,19,20,21)/t10-,13-. The molecule has 1 aromatic carbocycles. The van der Waals surface area contributed by atoms with E-state index in [2.05, 4.69) is 10.3 Å². The first-order chi connectivity index (χ1) is 11.6. The number of carbonyl (C=O) groups is 1. The van der Waals surface area contributed by atoms with Crippen molar-refractivity contribution in [3.63, 3.8) is 0 Å². The van der Waals surface area contributed by atoms with Crippen LogP contribution in [0, 0.1) is 5.92 Å². The molecular weight excluding hydrogens is 348 g/mol. The van der Waals surface area contributed by atoms with E-state index in [1.54, 1.807) is 25.3 Å². The van der Waals surface area contributed by atoms with Gasteiger partial charge in [-0.2, -0.15) is 0 Å². The summed E-state index contributed by atoms with van der Waals surface area (Å²) >= 11 is 7.46. The number of carbonyl (C=O) groups excluding carboxylic acids is 1. The van der Waals surface area contributed by atoms with Gasteiger partial charge in [-0.3, -0.25) is 4.79 Å². The molecule has 0 bridgehead atoms. The number of anilines is 1. The smallest absolute Gasteiger partial charge is 0.229 e. The van der Waals surface area contributed by atoms with Crippen LogP contribution in [-0.2, 0) is 11.2 Å². The molecule has 0 saturated heterocycles. The zero-order valence-corrected chi connectivity index (χ0v) is 15.1. The lowest BCUT2D eigenvalue weighted by atomic mass is 9.81. The van der Waals surface area contributed by atoms with E-state index in [0.717, 1.165) is 12.1 Å². The number of hydrogen-bond acceptors (Lipinski definition) is 5. The average Bonchev–Trinajstić information content (AvgIpc) is 2.98. The molecule has 1 aliphatic rings. The maximum atomic E-state index is 12.2. The first kappa shape index (κ1) is 17.0. The minimum Gasteiger partial charge on any atom is -0.493 e. The number of aryl methyl sites for hydroxylation is 1. The van der Waals surface area contributed by atoms with Crippen LogP contribution in [0.5, 0.6) is 11.5 Å². The van der Waals surface area contributed by atoms with E-state index in [1.165, 1.54) is 11.3 Å². The number of methoxy groups -OCH3 is 1. The molecule has 0 radical (unpaired) electrons. The van der Waals surface area contributed by atoms with E-state index in [9.17, 15) is 4.79 Å². The largest absolute Gasteiger partial charge is 0.493 e. The third-order valence-corrected chi connectivity index (χ3v) is 5.07. The van der Waals surface area contributed by atoms with E-state index in [1.807, 2.05) is 12.3 Å². The number of aromatic nitrogens is 1. The Morgan fingerprint density at radius 2 is 2.21 bits per heavy atom. The van der Waals surface area contributed by atoms with Crippen LogP contribution in [0.2, 0.25) is 5.02 Å². The fourth-order valence-electron chi connectivity index (χ4n) is 2.53. The molecule has 24 heavy (non-hydrogen) atoms. The molecule has 2 aromatic rings. The van der Waals surface area contributed by atoms with Gasteiger partial charge in [-0.05, 0) is 31.4 Å². The van der Waals surface area contributed by atoms with Gasteiger partial charge in [0.25, 0.3) is 0 Å². The fourth-order valence-corrected chi connectivity index (χ4v) is 3.49. The highest BCUT2D eigenvalue weighted by Gasteiger charge is 2.36. The minimum atomic E-state index is -0.0471. The first-order valence-corrected chi connectivity index (χ1v) is 9.10. The van der Waals surface area contributed by atoms with Crippen molar-refractivity contribution in [1.29, 1.82) is 0 Å². The van der Waals surface area contributed by atoms with Gasteiger partial charge in [-0.1, -0.05) is 18.5 Å². The average molecular weight is 367 g/mol. The summed E-state index contributed by atoms with van der Waals surface area (Å²) in [6, 6.07) is 5.26. The lowest BCUT2D eigenvalue weighted by molar-refractivity contribution is -0.125. The number of amides is 1. The molecule has 3 rings (SSSR count). The zero-order valence-electron chi connectivity index (χ0n) is 13.5. The molecule has 0 unspecified atom stereocenters. The van der Waals surface area contributed by atoms with Gasteiger partial charge in [-0.25, -0.2) is 4.98 Å². The molecule has 1 saturated carbocycles. The highest BCUT2D eigenvalue weighted by atomic mass is 35.5. The van der Waals surface area contributed by atoms with Crippen molar-refractivity contribution in [3.8, 4) is 11.5 Å². The summed E-state index contributed by atoms with van der Waals surface area (Å²) < 4.78 is 11.2. The Kier molecular flexibility index (Phi) is 5.26. The maximum Gasteiger partial charge on any atom is 0.229 e. The highest BCUT2D eigenvalue weighted by molar-refractivity contribution is 7.13. The monoisotopic (exact) mass is 366 g/mol. The van der Waals surface area contributed by atoms with E-state index < -0.39 is 0 Å². The number of nitrogens with one attached hydrogen (secondary N) is 1. The third-order valence-electron chi connectivity index (χ3n) is 4.03. The van der Waals surface area contributed by atoms with Crippen molar-refractivity contribution in [1.82, 2.24) is 4.98 Å². The first-order valence-electron chi connectivity index (χ1n) is 7.84. The summed E-state index contributed by atoms with van der Waals surface area (Å²) in [6.45, 7) is 2.04. The predicted octanol–water partition coefficient (Wildman–Crippen LogP) is 4.16. The van der Waals surface area contributed by atoms with E-state index >= 15 is 0 Å². The van der Waals surface area contributed by atoms with Crippen LogP contribution in [0.3, 0.4) is 0 Å². The molecule has 1 amide bonds. The van der Waals surface area contributed by atoms with Crippen molar-refractivity contribution in [2.45, 2.75) is 32.3 Å². The van der Waals surface area contributed by atoms with Crippen LogP contribution in [0.1, 0.15) is 25.5 Å². The van der Waals surface area contributed by atoms with Crippen LogP contribution in [0.15, 0.2) is 23.6 Å². The number of nitrogens with zero attached hydrogens (tertiary/aromatic N) is 1. The minimum absolute atomic E-state index is 0.00406. The zero-order chi connectivity index (χ0) is 17.1. The van der Waals surface area contributed by atoms with Crippen molar-refractivity contribution in [2.24, 2.45) is 5.92 Å². The molecule has 5 nitrogen and oxygen atoms in total. The molecule has 1 aromatic heterocycles. The summed E-state index contributed by atoms with van der Waals surface area (Å²) in [5, 5.41) is 6.10. The van der Waals surface area contributed by atoms with Gasteiger partial charge in [-0.15, -0.1) is 11.3 Å². The lowest BCUT2D eigenvalue weighted by Gasteiger charge is -2.34. The molecule has 1 aliphatic carbocycles. The molecule has 7 heteroatoms. The molecule has 0 atom stereocenters. The summed E-state index contributed by atoms with van der Waals surface area (Å²) in [5.74, 6) is 1.21. The summed E-state index contributed by atoms with van der Waals surface area (Å²) in [6.07, 6.45) is 2.21. The molecular formula is C17H19ClN2O3S. The number of ether oxygens (including phenoxy) is 2. The van der Waals surface area contributed by atoms with Crippen molar-refractivity contribution < 1.29 is 14.3 Å². The third kappa shape index (κ3) is 3.82. The fraction of sp³-hybridized carbons (Fsp3) is 0.412. The van der Waals surface area contributed by atoms with Crippen LogP contribution in [-0.4, -0.2) is 24.1 Å². The Morgan fingerprint density at radius 1 is 1.42 bits per heavy atom. The van der Waals surface area contributed by atoms with E-state index in [-0.39, 0.29) is 17.9 Å². The number of thiazole rings is 1. The lowest BCUT2D eigenvalue weighted by Crippen LogP contribution is -2.40. The van der Waals surface area contributed by atoms with Crippen LogP contribution in [0.4, 0.5) is 5.13 Å². The number of benzene rings is 1. The molecule has 128 valence electrons. The molecule has 1 N–H and O–H groups in total. The Labute approximate surface area is 150 Å². The van der Waals surface area contributed by atoms with Gasteiger partial charge in [0.1, 0.15) is 6.10 Å². The quantitative estimate of drug-likeness (QED) is 0.833. The van der Waals surface area contributed by atoms with Gasteiger partial charge in [0, 0.05) is 22.4 Å². The normalized spacial score (nSPS) is 19.5. The van der Waals surface area contributed by atoms with Gasteiger partial charge >= 0.3 is 0 Å². The van der Waals surface area contributed by atoms with Gasteiger partial charge < -0.3 is 14.8 Å². The van der Waals surface area contributed by atoms with Crippen molar-refractivity contribution in [3.05, 3.63) is 34.3 Å². The summed E-state index contributed by atoms with van der Waals surface area (Å²) in [7, 11) is 1.59. The Hall–Kier alpha value is -1.79. The van der Waals surface area contributed by atoms with E-state index in [0.29, 0.717) is 34.5 Å². The molecule has 1 heterocycles. The Balaban J connectivity index is 1.52. The number of rotatable bonds is 6. The number of hydrogen-bond donors (Lipinski definition) is 1. The summed E-state index contributed by atoms with van der Waals surface area (Å²) in [4.78, 5) is 16.6. The maximum absolute atomic E-state index is 12.2. The van der Waals surface area contributed by atoms with Gasteiger partial charge in [0.15, 0.2) is 16.6 Å². The number of halogens is 1. The second kappa shape index (κ2) is 7.40. The molecule has 0 spiro atoms. The van der Waals surface area contributed by atoms with Gasteiger partial charge in [0.05, 0.1) is 12.8 Å². The van der Waals surface area contributed by atoms with Crippen molar-refractivity contribution >= 4 is 34.0 Å². The molecule has 0 aliphatic heterocycles. The predicted molar refractivity (Wildman–Crippen MR) is 95.3 cm³/mol. The SMILES string of the molecule is CCc1csc(NC(=O)[C@H]2C[C@H](Oc3cc(Cl)ccc3OC)C2)n1. The van der Waals surface area contributed by atoms with Crippen LogP contribution < -0.4 is 14.8 Å². The van der Waals surface area contributed by atoms with Crippen LogP contribution in [0.25, 0.3) is 0 Å². The van der Waals surface area contributed by atoms with Gasteiger partial charge in [0.2, 0.25) is 5.91 Å². The highest BCUT2D eigenvalue weighted by Crippen LogP contribution is 2.37. The second-order valence-corrected chi connectivity index (χ2v) is 6.98. The van der Waals surface area contributed by atoms with E-state index in [4.69, 9.17) is 21.1 Å². The Morgan fingerprint density at radius 3 is 2.88 bits per heavy atom. The Bertz CT molecular complexity index is 728. The summed E-state index contributed by atoms with van der Waals surface area (Å²) in [5.41, 5.74) is 0.998. The second-order valence-electron chi connectivity index (χ2n) is 5.69.